The van der Waals surface area contributed by atoms with E-state index in [-0.39, 0.29) is 23.3 Å². The molecule has 36 heavy (non-hydrogen) atoms. The first-order chi connectivity index (χ1) is 17.7. The van der Waals surface area contributed by atoms with Gasteiger partial charge in [0.2, 0.25) is 5.91 Å². The lowest BCUT2D eigenvalue weighted by Crippen LogP contribution is -2.37. The quantitative estimate of drug-likeness (QED) is 0.367. The number of carbonyl (C=O) groups excluding carboxylic acids is 1. The maximum Gasteiger partial charge on any atom is 0.262 e. The molecule has 1 saturated carbocycles. The molecular formula is C28H34N4O3S. The van der Waals surface area contributed by atoms with Crippen LogP contribution in [0.2, 0.25) is 0 Å². The standard InChI is InChI=1S/C28H34N4O3S/c33-26(29-22-9-5-2-6-10-22)20-36-28-30-25-12-11-23(31-15-17-35-18-16-31)19-24(25)27(34)32(28)14-13-21-7-3-1-4-8-21/h1,3-4,7-8,11-12,19,22H,2,5-6,9-10,13-18,20H2,(H,29,33). The van der Waals surface area contributed by atoms with Gasteiger partial charge in [0.25, 0.3) is 5.56 Å². The number of nitrogens with zero attached hydrogens (tertiary/aromatic N) is 3. The number of aryl methyl sites for hydroxylation is 1. The summed E-state index contributed by atoms with van der Waals surface area (Å²) in [6.07, 6.45) is 6.43. The lowest BCUT2D eigenvalue weighted by molar-refractivity contribution is -0.119. The van der Waals surface area contributed by atoms with E-state index in [1.807, 2.05) is 36.4 Å². The SMILES string of the molecule is O=C(CSc1nc2ccc(N3CCOCC3)cc2c(=O)n1CCc1ccccc1)NC1CCCCC1. The number of hydrogen-bond acceptors (Lipinski definition) is 6. The highest BCUT2D eigenvalue weighted by atomic mass is 32.2. The number of aromatic nitrogens is 2. The molecule has 2 fully saturated rings. The van der Waals surface area contributed by atoms with Crippen LogP contribution in [0.1, 0.15) is 37.7 Å². The summed E-state index contributed by atoms with van der Waals surface area (Å²) < 4.78 is 7.23. The first-order valence-electron chi connectivity index (χ1n) is 13.0. The number of rotatable bonds is 8. The number of morpholine rings is 1. The van der Waals surface area contributed by atoms with Crippen molar-refractivity contribution in [1.29, 1.82) is 0 Å². The van der Waals surface area contributed by atoms with Crippen LogP contribution >= 0.6 is 11.8 Å². The zero-order chi connectivity index (χ0) is 24.7. The van der Waals surface area contributed by atoms with E-state index in [9.17, 15) is 9.59 Å². The number of benzene rings is 2. The monoisotopic (exact) mass is 506 g/mol. The van der Waals surface area contributed by atoms with Gasteiger partial charge in [-0.05, 0) is 43.0 Å². The predicted molar refractivity (Wildman–Crippen MR) is 145 cm³/mol. The predicted octanol–water partition coefficient (Wildman–Crippen LogP) is 4.02. The number of fused-ring (bicyclic) bond motifs is 1. The zero-order valence-electron chi connectivity index (χ0n) is 20.7. The number of amides is 1. The molecule has 0 unspecified atom stereocenters. The Labute approximate surface area is 216 Å². The Morgan fingerprint density at radius 1 is 1.06 bits per heavy atom. The maximum absolute atomic E-state index is 13.7. The fourth-order valence-electron chi connectivity index (χ4n) is 5.05. The van der Waals surface area contributed by atoms with Crippen LogP contribution in [0.25, 0.3) is 10.9 Å². The van der Waals surface area contributed by atoms with Crippen molar-refractivity contribution in [3.05, 3.63) is 64.4 Å². The molecule has 2 heterocycles. The van der Waals surface area contributed by atoms with Crippen LogP contribution < -0.4 is 15.8 Å². The highest BCUT2D eigenvalue weighted by Gasteiger charge is 2.19. The van der Waals surface area contributed by atoms with Crippen molar-refractivity contribution in [1.82, 2.24) is 14.9 Å². The van der Waals surface area contributed by atoms with Crippen LogP contribution in [0.5, 0.6) is 0 Å². The van der Waals surface area contributed by atoms with Gasteiger partial charge in [-0.2, -0.15) is 0 Å². The van der Waals surface area contributed by atoms with Gasteiger partial charge in [-0.25, -0.2) is 4.98 Å². The van der Waals surface area contributed by atoms with Crippen LogP contribution in [0.15, 0.2) is 58.5 Å². The number of carbonyl (C=O) groups is 1. The van der Waals surface area contributed by atoms with Crippen LogP contribution in [0.3, 0.4) is 0 Å². The first kappa shape index (κ1) is 24.8. The summed E-state index contributed by atoms with van der Waals surface area (Å²) >= 11 is 1.35. The van der Waals surface area contributed by atoms with Gasteiger partial charge < -0.3 is 15.0 Å². The van der Waals surface area contributed by atoms with E-state index in [0.717, 1.165) is 43.6 Å². The Bertz CT molecular complexity index is 1230. The van der Waals surface area contributed by atoms with E-state index >= 15 is 0 Å². The van der Waals surface area contributed by atoms with Crippen LogP contribution in [0.4, 0.5) is 5.69 Å². The summed E-state index contributed by atoms with van der Waals surface area (Å²) in [4.78, 5) is 33.5. The molecule has 7 nitrogen and oxygen atoms in total. The molecule has 0 bridgehead atoms. The third kappa shape index (κ3) is 6.10. The van der Waals surface area contributed by atoms with Crippen molar-refractivity contribution >= 4 is 34.3 Å². The first-order valence-corrected chi connectivity index (χ1v) is 14.0. The van der Waals surface area contributed by atoms with Crippen molar-refractivity contribution in [2.75, 3.05) is 37.0 Å². The molecule has 1 aliphatic carbocycles. The zero-order valence-corrected chi connectivity index (χ0v) is 21.5. The van der Waals surface area contributed by atoms with Crippen molar-refractivity contribution < 1.29 is 9.53 Å². The minimum atomic E-state index is -0.0544. The third-order valence-corrected chi connectivity index (χ3v) is 8.02. The van der Waals surface area contributed by atoms with Gasteiger partial charge in [0.15, 0.2) is 5.16 Å². The largest absolute Gasteiger partial charge is 0.378 e. The molecular weight excluding hydrogens is 472 g/mol. The molecule has 1 amide bonds. The summed E-state index contributed by atoms with van der Waals surface area (Å²) in [5.41, 5.74) is 2.80. The molecule has 0 atom stereocenters. The van der Waals surface area contributed by atoms with Gasteiger partial charge in [0, 0.05) is 31.4 Å². The van der Waals surface area contributed by atoms with Crippen molar-refractivity contribution in [2.45, 2.75) is 56.3 Å². The van der Waals surface area contributed by atoms with Crippen molar-refractivity contribution in [3.8, 4) is 0 Å². The van der Waals surface area contributed by atoms with Gasteiger partial charge >= 0.3 is 0 Å². The van der Waals surface area contributed by atoms with E-state index in [0.29, 0.717) is 35.8 Å². The molecule has 1 aliphatic heterocycles. The van der Waals surface area contributed by atoms with E-state index in [1.54, 1.807) is 4.57 Å². The molecule has 1 aromatic heterocycles. The fourth-order valence-corrected chi connectivity index (χ4v) is 5.88. The van der Waals surface area contributed by atoms with Gasteiger partial charge in [-0.3, -0.25) is 14.2 Å². The molecule has 8 heteroatoms. The summed E-state index contributed by atoms with van der Waals surface area (Å²) in [6, 6.07) is 16.3. The Morgan fingerprint density at radius 2 is 1.83 bits per heavy atom. The molecule has 3 aromatic rings. The normalized spacial score (nSPS) is 16.8. The topological polar surface area (TPSA) is 76.5 Å². The number of hydrogen-bond donors (Lipinski definition) is 1. The minimum Gasteiger partial charge on any atom is -0.378 e. The molecule has 190 valence electrons. The molecule has 0 radical (unpaired) electrons. The summed E-state index contributed by atoms with van der Waals surface area (Å²) in [5, 5.41) is 4.38. The fraction of sp³-hybridized carbons (Fsp3) is 0.464. The molecule has 2 aromatic carbocycles. The number of thioether (sulfide) groups is 1. The van der Waals surface area contributed by atoms with Crippen LogP contribution in [-0.2, 0) is 22.5 Å². The van der Waals surface area contributed by atoms with Gasteiger partial charge in [-0.1, -0.05) is 61.4 Å². The molecule has 2 aliphatic rings. The maximum atomic E-state index is 13.7. The minimum absolute atomic E-state index is 0.0125. The van der Waals surface area contributed by atoms with Crippen LogP contribution in [-0.4, -0.2) is 53.6 Å². The Hall–Kier alpha value is -2.84. The second-order valence-corrected chi connectivity index (χ2v) is 10.5. The third-order valence-electron chi connectivity index (χ3n) is 7.05. The summed E-state index contributed by atoms with van der Waals surface area (Å²) in [7, 11) is 0. The highest BCUT2D eigenvalue weighted by molar-refractivity contribution is 7.99. The van der Waals surface area contributed by atoms with E-state index < -0.39 is 0 Å². The second kappa shape index (κ2) is 11.9. The Kier molecular flexibility index (Phi) is 8.23. The van der Waals surface area contributed by atoms with E-state index in [1.165, 1.54) is 31.0 Å². The summed E-state index contributed by atoms with van der Waals surface area (Å²) in [5.74, 6) is 0.268. The summed E-state index contributed by atoms with van der Waals surface area (Å²) in [6.45, 7) is 3.52. The lowest BCUT2D eigenvalue weighted by atomic mass is 9.95. The van der Waals surface area contributed by atoms with Crippen LogP contribution in [0, 0.1) is 0 Å². The smallest absolute Gasteiger partial charge is 0.262 e. The van der Waals surface area contributed by atoms with E-state index in [4.69, 9.17) is 9.72 Å². The van der Waals surface area contributed by atoms with Crippen molar-refractivity contribution in [2.24, 2.45) is 0 Å². The lowest BCUT2D eigenvalue weighted by Gasteiger charge is -2.29. The second-order valence-electron chi connectivity index (χ2n) is 9.58. The number of ether oxygens (including phenoxy) is 1. The number of nitrogens with one attached hydrogen (secondary N) is 1. The molecule has 5 rings (SSSR count). The average molecular weight is 507 g/mol. The molecule has 1 N–H and O–H groups in total. The van der Waals surface area contributed by atoms with E-state index in [2.05, 4.69) is 22.3 Å². The van der Waals surface area contributed by atoms with Crippen molar-refractivity contribution in [3.63, 3.8) is 0 Å². The Balaban J connectivity index is 1.40. The van der Waals surface area contributed by atoms with Gasteiger partial charge in [0.05, 0.1) is 29.9 Å². The number of anilines is 1. The van der Waals surface area contributed by atoms with Gasteiger partial charge in [-0.15, -0.1) is 0 Å². The van der Waals surface area contributed by atoms with Gasteiger partial charge in [0.1, 0.15) is 0 Å². The highest BCUT2D eigenvalue weighted by Crippen LogP contribution is 2.24. The molecule has 0 spiro atoms. The Morgan fingerprint density at radius 3 is 2.61 bits per heavy atom. The molecule has 1 saturated heterocycles. The average Bonchev–Trinajstić information content (AvgIpc) is 2.93.